The van der Waals surface area contributed by atoms with Gasteiger partial charge in [-0.05, 0) is 22.5 Å². The van der Waals surface area contributed by atoms with Crippen molar-refractivity contribution < 1.29 is 24.8 Å². The highest BCUT2D eigenvalue weighted by Crippen LogP contribution is 2.41. The van der Waals surface area contributed by atoms with E-state index in [4.69, 9.17) is 15.0 Å². The summed E-state index contributed by atoms with van der Waals surface area (Å²) >= 11 is 1.23. The minimum Gasteiger partial charge on any atom is -0.394 e. The third-order valence-corrected chi connectivity index (χ3v) is 5.24. The Balaban J connectivity index is 1.96. The third-order valence-electron chi connectivity index (χ3n) is 4.27. The van der Waals surface area contributed by atoms with Crippen LogP contribution in [0.5, 0.6) is 0 Å². The molecule has 26 heavy (non-hydrogen) atoms. The molecule has 8 nitrogen and oxygen atoms in total. The van der Waals surface area contributed by atoms with Gasteiger partial charge in [-0.1, -0.05) is 41.5 Å². The van der Waals surface area contributed by atoms with E-state index in [2.05, 4.69) is 10.0 Å². The van der Waals surface area contributed by atoms with Crippen molar-refractivity contribution in [2.45, 2.75) is 36.7 Å². The third kappa shape index (κ3) is 3.60. The molecule has 0 spiro atoms. The first-order valence-electron chi connectivity index (χ1n) is 8.03. The molecule has 1 aromatic carbocycles. The summed E-state index contributed by atoms with van der Waals surface area (Å²) in [4.78, 5) is 3.20. The fourth-order valence-electron chi connectivity index (χ4n) is 2.98. The van der Waals surface area contributed by atoms with Crippen molar-refractivity contribution in [3.63, 3.8) is 0 Å². The van der Waals surface area contributed by atoms with Crippen LogP contribution in [0, 0.1) is 0 Å². The van der Waals surface area contributed by atoms with Crippen molar-refractivity contribution >= 4 is 11.3 Å². The van der Waals surface area contributed by atoms with Crippen molar-refractivity contribution in [1.29, 1.82) is 0 Å². The topological polar surface area (TPSA) is 128 Å². The van der Waals surface area contributed by atoms with Gasteiger partial charge in [0.25, 0.3) is 0 Å². The van der Waals surface area contributed by atoms with Gasteiger partial charge in [-0.15, -0.1) is 11.3 Å². The standard InChI is InChI=1S/C17H19N3O5S/c18-20-19-14-15(22)12(9-21)25-17(23,13-7-4-8-26-13)16(14)24-10-11-5-2-1-3-6-11/h1-8,12,14-16,21-23H,9-10H2/t12-,14+,15-,16-,17+/m1/s1. The Morgan fingerprint density at radius 3 is 2.65 bits per heavy atom. The number of nitrogens with zero attached hydrogens (tertiary/aromatic N) is 3. The van der Waals surface area contributed by atoms with Crippen LogP contribution in [0.25, 0.3) is 10.4 Å². The van der Waals surface area contributed by atoms with E-state index in [0.717, 1.165) is 5.56 Å². The van der Waals surface area contributed by atoms with Crippen molar-refractivity contribution in [3.8, 4) is 0 Å². The first kappa shape index (κ1) is 18.8. The predicted molar refractivity (Wildman–Crippen MR) is 94.1 cm³/mol. The van der Waals surface area contributed by atoms with E-state index in [1.54, 1.807) is 17.5 Å². The van der Waals surface area contributed by atoms with E-state index in [0.29, 0.717) is 4.88 Å². The van der Waals surface area contributed by atoms with Crippen LogP contribution in [0.2, 0.25) is 0 Å². The summed E-state index contributed by atoms with van der Waals surface area (Å²) < 4.78 is 11.5. The molecular formula is C17H19N3O5S. The molecule has 0 bridgehead atoms. The van der Waals surface area contributed by atoms with Crippen LogP contribution in [0.15, 0.2) is 53.0 Å². The normalized spacial score (nSPS) is 31.3. The molecule has 0 saturated carbocycles. The number of aliphatic hydroxyl groups is 3. The molecule has 2 heterocycles. The Labute approximate surface area is 153 Å². The molecule has 1 saturated heterocycles. The first-order chi connectivity index (χ1) is 12.6. The Hall–Kier alpha value is -1.97. The van der Waals surface area contributed by atoms with E-state index in [1.807, 2.05) is 30.3 Å². The second kappa shape index (κ2) is 8.15. The molecule has 138 valence electrons. The number of rotatable bonds is 6. The summed E-state index contributed by atoms with van der Waals surface area (Å²) in [6, 6.07) is 11.5. The minimum atomic E-state index is -1.96. The minimum absolute atomic E-state index is 0.122. The van der Waals surface area contributed by atoms with Crippen LogP contribution in [0.4, 0.5) is 0 Å². The lowest BCUT2D eigenvalue weighted by molar-refractivity contribution is -0.345. The van der Waals surface area contributed by atoms with Gasteiger partial charge >= 0.3 is 0 Å². The summed E-state index contributed by atoms with van der Waals surface area (Å²) in [7, 11) is 0. The number of ether oxygens (including phenoxy) is 2. The van der Waals surface area contributed by atoms with Gasteiger partial charge in [-0.3, -0.25) is 0 Å². The fraction of sp³-hybridized carbons (Fsp3) is 0.412. The second-order valence-electron chi connectivity index (χ2n) is 5.92. The van der Waals surface area contributed by atoms with Crippen LogP contribution in [0.3, 0.4) is 0 Å². The van der Waals surface area contributed by atoms with Gasteiger partial charge in [0, 0.05) is 4.91 Å². The molecule has 0 aliphatic carbocycles. The Morgan fingerprint density at radius 2 is 2.04 bits per heavy atom. The number of hydrogen-bond donors (Lipinski definition) is 3. The zero-order chi connectivity index (χ0) is 18.6. The summed E-state index contributed by atoms with van der Waals surface area (Å²) in [5, 5.41) is 36.5. The first-order valence-corrected chi connectivity index (χ1v) is 8.91. The quantitative estimate of drug-likeness (QED) is 0.402. The highest BCUT2D eigenvalue weighted by molar-refractivity contribution is 7.10. The molecule has 1 aliphatic rings. The molecule has 1 fully saturated rings. The average molecular weight is 377 g/mol. The summed E-state index contributed by atoms with van der Waals surface area (Å²) in [5.74, 6) is -1.96. The zero-order valence-corrected chi connectivity index (χ0v) is 14.6. The Bertz CT molecular complexity index is 753. The number of azide groups is 1. The highest BCUT2D eigenvalue weighted by atomic mass is 32.1. The smallest absolute Gasteiger partial charge is 0.230 e. The monoisotopic (exact) mass is 377 g/mol. The molecular weight excluding hydrogens is 358 g/mol. The number of benzene rings is 1. The Kier molecular flexibility index (Phi) is 5.90. The van der Waals surface area contributed by atoms with Gasteiger partial charge in [0.15, 0.2) is 0 Å². The van der Waals surface area contributed by atoms with Gasteiger partial charge in [0.1, 0.15) is 12.2 Å². The molecule has 3 N–H and O–H groups in total. The second-order valence-corrected chi connectivity index (χ2v) is 6.86. The highest BCUT2D eigenvalue weighted by Gasteiger charge is 2.55. The molecule has 0 unspecified atom stereocenters. The maximum atomic E-state index is 11.2. The summed E-state index contributed by atoms with van der Waals surface area (Å²) in [6.45, 7) is -0.422. The van der Waals surface area contributed by atoms with Crippen LogP contribution in [-0.2, 0) is 21.9 Å². The summed E-state index contributed by atoms with van der Waals surface area (Å²) in [6.07, 6.45) is -3.60. The molecule has 2 aromatic rings. The summed E-state index contributed by atoms with van der Waals surface area (Å²) in [5.41, 5.74) is 9.76. The lowest BCUT2D eigenvalue weighted by atomic mass is 9.89. The predicted octanol–water partition coefficient (Wildman–Crippen LogP) is 1.91. The van der Waals surface area contributed by atoms with Crippen molar-refractivity contribution in [1.82, 2.24) is 0 Å². The SMILES string of the molecule is [N-]=[N+]=N[C@H]1[C@H](O)[C@@H](CO)O[C@@](O)(c2cccs2)[C@@H]1OCc1ccccc1. The zero-order valence-electron chi connectivity index (χ0n) is 13.8. The molecule has 1 aliphatic heterocycles. The van der Waals surface area contributed by atoms with Gasteiger partial charge in [-0.2, -0.15) is 0 Å². The molecule has 0 radical (unpaired) electrons. The van der Waals surface area contributed by atoms with E-state index in [9.17, 15) is 15.3 Å². The van der Waals surface area contributed by atoms with Crippen molar-refractivity contribution in [3.05, 3.63) is 68.7 Å². The number of aliphatic hydroxyl groups excluding tert-OH is 2. The van der Waals surface area contributed by atoms with E-state index in [1.165, 1.54) is 11.3 Å². The molecule has 3 rings (SSSR count). The van der Waals surface area contributed by atoms with Crippen molar-refractivity contribution in [2.24, 2.45) is 5.11 Å². The van der Waals surface area contributed by atoms with Gasteiger partial charge < -0.3 is 24.8 Å². The molecule has 0 amide bonds. The molecule has 1 aromatic heterocycles. The van der Waals surface area contributed by atoms with E-state index >= 15 is 0 Å². The van der Waals surface area contributed by atoms with Gasteiger partial charge in [-0.25, -0.2) is 0 Å². The molecule has 9 heteroatoms. The molecule has 5 atom stereocenters. The lowest BCUT2D eigenvalue weighted by Crippen LogP contribution is -2.63. The Morgan fingerprint density at radius 1 is 1.27 bits per heavy atom. The lowest BCUT2D eigenvalue weighted by Gasteiger charge is -2.47. The van der Waals surface area contributed by atoms with Crippen LogP contribution in [0.1, 0.15) is 10.4 Å². The number of thiophene rings is 1. The maximum absolute atomic E-state index is 11.2. The fourth-order valence-corrected chi connectivity index (χ4v) is 3.78. The van der Waals surface area contributed by atoms with Crippen LogP contribution < -0.4 is 0 Å². The van der Waals surface area contributed by atoms with Crippen LogP contribution >= 0.6 is 11.3 Å². The van der Waals surface area contributed by atoms with Crippen molar-refractivity contribution in [2.75, 3.05) is 6.61 Å². The number of hydrogen-bond acceptors (Lipinski definition) is 7. The van der Waals surface area contributed by atoms with Crippen LogP contribution in [-0.4, -0.2) is 46.3 Å². The van der Waals surface area contributed by atoms with E-state index in [-0.39, 0.29) is 6.61 Å². The van der Waals surface area contributed by atoms with Gasteiger partial charge in [0.2, 0.25) is 5.79 Å². The largest absolute Gasteiger partial charge is 0.394 e. The maximum Gasteiger partial charge on any atom is 0.230 e. The van der Waals surface area contributed by atoms with E-state index < -0.39 is 36.7 Å². The average Bonchev–Trinajstić information content (AvgIpc) is 3.20. The van der Waals surface area contributed by atoms with Gasteiger partial charge in [0.05, 0.1) is 30.2 Å².